The van der Waals surface area contributed by atoms with Crippen LogP contribution in [0, 0.1) is 11.3 Å². The van der Waals surface area contributed by atoms with Crippen molar-refractivity contribution in [2.75, 3.05) is 11.9 Å². The average molecular weight is 252 g/mol. The van der Waals surface area contributed by atoms with Crippen molar-refractivity contribution in [1.82, 2.24) is 20.2 Å². The molecule has 1 amide bonds. The quantitative estimate of drug-likeness (QED) is 0.806. The Hall–Kier alpha value is -1.50. The SMILES string of the molecule is CC1CCC(CN)(C(=O)Nc2nnn(C)n2)CC1. The first-order valence-electron chi connectivity index (χ1n) is 6.31. The lowest BCUT2D eigenvalue weighted by molar-refractivity contribution is -0.127. The monoisotopic (exact) mass is 252 g/mol. The van der Waals surface area contributed by atoms with Gasteiger partial charge in [-0.25, -0.2) is 0 Å². The summed E-state index contributed by atoms with van der Waals surface area (Å²) in [7, 11) is 1.66. The molecule has 0 spiro atoms. The van der Waals surface area contributed by atoms with E-state index in [1.165, 1.54) is 4.80 Å². The van der Waals surface area contributed by atoms with Gasteiger partial charge in [-0.1, -0.05) is 12.0 Å². The van der Waals surface area contributed by atoms with Crippen molar-refractivity contribution in [3.8, 4) is 0 Å². The van der Waals surface area contributed by atoms with Crippen LogP contribution in [-0.2, 0) is 11.8 Å². The van der Waals surface area contributed by atoms with Crippen LogP contribution in [0.3, 0.4) is 0 Å². The number of nitrogens with zero attached hydrogens (tertiary/aromatic N) is 4. The van der Waals surface area contributed by atoms with Gasteiger partial charge in [-0.2, -0.15) is 4.80 Å². The number of aryl methyl sites for hydroxylation is 1. The Labute approximate surface area is 106 Å². The summed E-state index contributed by atoms with van der Waals surface area (Å²) in [6, 6.07) is 0. The topological polar surface area (TPSA) is 98.7 Å². The Morgan fingerprint density at radius 1 is 1.56 bits per heavy atom. The average Bonchev–Trinajstić information content (AvgIpc) is 2.76. The zero-order valence-corrected chi connectivity index (χ0v) is 10.9. The molecular formula is C11H20N6O. The summed E-state index contributed by atoms with van der Waals surface area (Å²) in [5.41, 5.74) is 5.35. The van der Waals surface area contributed by atoms with E-state index in [-0.39, 0.29) is 11.9 Å². The van der Waals surface area contributed by atoms with Gasteiger partial charge >= 0.3 is 0 Å². The number of tetrazole rings is 1. The van der Waals surface area contributed by atoms with Gasteiger partial charge in [0.1, 0.15) is 0 Å². The van der Waals surface area contributed by atoms with Crippen molar-refractivity contribution in [2.24, 2.45) is 24.1 Å². The van der Waals surface area contributed by atoms with Gasteiger partial charge in [-0.05, 0) is 36.8 Å². The molecule has 1 aliphatic rings. The van der Waals surface area contributed by atoms with Gasteiger partial charge in [0.25, 0.3) is 5.95 Å². The van der Waals surface area contributed by atoms with Crippen molar-refractivity contribution in [1.29, 1.82) is 0 Å². The molecule has 18 heavy (non-hydrogen) atoms. The Kier molecular flexibility index (Phi) is 3.60. The molecule has 0 bridgehead atoms. The highest BCUT2D eigenvalue weighted by molar-refractivity contribution is 5.94. The molecule has 1 heterocycles. The van der Waals surface area contributed by atoms with Crippen molar-refractivity contribution in [2.45, 2.75) is 32.6 Å². The normalized spacial score (nSPS) is 28.1. The van der Waals surface area contributed by atoms with Crippen molar-refractivity contribution in [3.05, 3.63) is 0 Å². The third-order valence-electron chi connectivity index (χ3n) is 3.84. The minimum atomic E-state index is -0.467. The van der Waals surface area contributed by atoms with Crippen LogP contribution in [-0.4, -0.2) is 32.7 Å². The number of amides is 1. The van der Waals surface area contributed by atoms with Gasteiger partial charge in [-0.15, -0.1) is 5.10 Å². The number of aromatic nitrogens is 4. The number of hydrogen-bond donors (Lipinski definition) is 2. The first-order valence-corrected chi connectivity index (χ1v) is 6.31. The maximum Gasteiger partial charge on any atom is 0.270 e. The number of hydrogen-bond acceptors (Lipinski definition) is 5. The first kappa shape index (κ1) is 12.9. The van der Waals surface area contributed by atoms with E-state index < -0.39 is 5.41 Å². The van der Waals surface area contributed by atoms with Crippen LogP contribution >= 0.6 is 0 Å². The first-order chi connectivity index (χ1) is 8.55. The van der Waals surface area contributed by atoms with Gasteiger partial charge in [-0.3, -0.25) is 10.1 Å². The van der Waals surface area contributed by atoms with Crippen molar-refractivity contribution < 1.29 is 4.79 Å². The van der Waals surface area contributed by atoms with Gasteiger partial charge in [0.2, 0.25) is 5.91 Å². The maximum atomic E-state index is 12.3. The van der Waals surface area contributed by atoms with E-state index in [1.807, 2.05) is 0 Å². The highest BCUT2D eigenvalue weighted by Crippen LogP contribution is 2.38. The van der Waals surface area contributed by atoms with Gasteiger partial charge < -0.3 is 5.73 Å². The van der Waals surface area contributed by atoms with Crippen LogP contribution in [0.15, 0.2) is 0 Å². The fourth-order valence-corrected chi connectivity index (χ4v) is 2.41. The second kappa shape index (κ2) is 5.01. The van der Waals surface area contributed by atoms with Crippen LogP contribution in [0.4, 0.5) is 5.95 Å². The van der Waals surface area contributed by atoms with Gasteiger partial charge in [0, 0.05) is 6.54 Å². The molecule has 7 heteroatoms. The number of nitrogens with two attached hydrogens (primary N) is 1. The van der Waals surface area contributed by atoms with Crippen LogP contribution in [0.5, 0.6) is 0 Å². The van der Waals surface area contributed by atoms with E-state index in [4.69, 9.17) is 5.73 Å². The zero-order chi connectivity index (χ0) is 13.2. The summed E-state index contributed by atoms with van der Waals surface area (Å²) >= 11 is 0. The highest BCUT2D eigenvalue weighted by atomic mass is 16.2. The highest BCUT2D eigenvalue weighted by Gasteiger charge is 2.40. The molecule has 0 aromatic carbocycles. The summed E-state index contributed by atoms with van der Waals surface area (Å²) < 4.78 is 0. The zero-order valence-electron chi connectivity index (χ0n) is 10.9. The molecule has 0 aliphatic heterocycles. The number of carbonyl (C=O) groups is 1. The summed E-state index contributed by atoms with van der Waals surface area (Å²) in [4.78, 5) is 13.6. The molecule has 0 radical (unpaired) electrons. The van der Waals surface area contributed by atoms with Crippen LogP contribution in [0.2, 0.25) is 0 Å². The summed E-state index contributed by atoms with van der Waals surface area (Å²) in [6.45, 7) is 2.58. The molecule has 0 atom stereocenters. The van der Waals surface area contributed by atoms with E-state index in [2.05, 4.69) is 27.7 Å². The summed E-state index contributed by atoms with van der Waals surface area (Å²) in [6.07, 6.45) is 3.74. The van der Waals surface area contributed by atoms with E-state index in [9.17, 15) is 4.79 Å². The molecule has 1 aromatic rings. The lowest BCUT2D eigenvalue weighted by atomic mass is 9.70. The number of anilines is 1. The maximum absolute atomic E-state index is 12.3. The number of nitrogens with one attached hydrogen (secondary N) is 1. The van der Waals surface area contributed by atoms with Crippen LogP contribution in [0.1, 0.15) is 32.6 Å². The molecule has 2 rings (SSSR count). The molecule has 1 saturated carbocycles. The standard InChI is InChI=1S/C11H20N6O/c1-8-3-5-11(7-12,6-4-8)9(18)13-10-14-16-17(2)15-10/h8H,3-7,12H2,1-2H3,(H,13,15,18). The lowest BCUT2D eigenvalue weighted by Crippen LogP contribution is -2.45. The second-order valence-corrected chi connectivity index (χ2v) is 5.22. The molecule has 7 nitrogen and oxygen atoms in total. The Bertz CT molecular complexity index is 421. The third-order valence-corrected chi connectivity index (χ3v) is 3.84. The largest absolute Gasteiger partial charge is 0.329 e. The second-order valence-electron chi connectivity index (χ2n) is 5.22. The van der Waals surface area contributed by atoms with E-state index in [1.54, 1.807) is 7.05 Å². The fraction of sp³-hybridized carbons (Fsp3) is 0.818. The molecule has 1 aliphatic carbocycles. The summed E-state index contributed by atoms with van der Waals surface area (Å²) in [5.74, 6) is 0.839. The predicted octanol–water partition coefficient (Wildman–Crippen LogP) is 0.304. The minimum absolute atomic E-state index is 0.0788. The van der Waals surface area contributed by atoms with E-state index >= 15 is 0 Å². The summed E-state index contributed by atoms with van der Waals surface area (Å²) in [5, 5.41) is 14.1. The smallest absolute Gasteiger partial charge is 0.270 e. The van der Waals surface area contributed by atoms with Gasteiger partial charge in [0.05, 0.1) is 12.5 Å². The molecule has 0 saturated heterocycles. The van der Waals surface area contributed by atoms with Crippen molar-refractivity contribution in [3.63, 3.8) is 0 Å². The van der Waals surface area contributed by atoms with E-state index in [0.29, 0.717) is 12.5 Å². The number of rotatable bonds is 3. The predicted molar refractivity (Wildman–Crippen MR) is 66.5 cm³/mol. The van der Waals surface area contributed by atoms with E-state index in [0.717, 1.165) is 25.7 Å². The van der Waals surface area contributed by atoms with Crippen LogP contribution < -0.4 is 11.1 Å². The fourth-order valence-electron chi connectivity index (χ4n) is 2.41. The lowest BCUT2D eigenvalue weighted by Gasteiger charge is -2.36. The molecule has 0 unspecified atom stereocenters. The Balaban J connectivity index is 2.06. The molecular weight excluding hydrogens is 232 g/mol. The number of carbonyl (C=O) groups excluding carboxylic acids is 1. The minimum Gasteiger partial charge on any atom is -0.329 e. The Morgan fingerprint density at radius 3 is 2.72 bits per heavy atom. The van der Waals surface area contributed by atoms with Crippen LogP contribution in [0.25, 0.3) is 0 Å². The molecule has 100 valence electrons. The molecule has 3 N–H and O–H groups in total. The third kappa shape index (κ3) is 2.50. The van der Waals surface area contributed by atoms with Crippen molar-refractivity contribution >= 4 is 11.9 Å². The van der Waals surface area contributed by atoms with Gasteiger partial charge in [0.15, 0.2) is 0 Å². The molecule has 1 aromatic heterocycles. The Morgan fingerprint density at radius 2 is 2.22 bits per heavy atom. The molecule has 1 fully saturated rings.